The van der Waals surface area contributed by atoms with Gasteiger partial charge in [-0.1, -0.05) is 6.07 Å². The van der Waals surface area contributed by atoms with Crippen molar-refractivity contribution in [1.82, 2.24) is 0 Å². The standard InChI is InChI=1S/C11H16O4/c1-13-8-9-3-4-10(14-2)11(7-9)15-6-5-12/h3-4,7,12H,5-6,8H2,1-2H3. The average Bonchev–Trinajstić information content (AvgIpc) is 2.27. The summed E-state index contributed by atoms with van der Waals surface area (Å²) in [5.74, 6) is 1.28. The molecule has 0 saturated carbocycles. The summed E-state index contributed by atoms with van der Waals surface area (Å²) >= 11 is 0. The van der Waals surface area contributed by atoms with Crippen molar-refractivity contribution in [3.63, 3.8) is 0 Å². The van der Waals surface area contributed by atoms with Crippen LogP contribution in [0, 0.1) is 0 Å². The van der Waals surface area contributed by atoms with Crippen LogP contribution >= 0.6 is 0 Å². The van der Waals surface area contributed by atoms with Crippen LogP contribution < -0.4 is 9.47 Å². The summed E-state index contributed by atoms with van der Waals surface area (Å²) in [5.41, 5.74) is 1.01. The Bertz CT molecular complexity index is 299. The Hall–Kier alpha value is -1.26. The number of hydrogen-bond acceptors (Lipinski definition) is 4. The van der Waals surface area contributed by atoms with E-state index in [9.17, 15) is 0 Å². The molecule has 1 aromatic rings. The average molecular weight is 212 g/mol. The third kappa shape index (κ3) is 3.42. The van der Waals surface area contributed by atoms with E-state index in [0.717, 1.165) is 5.56 Å². The second-order valence-electron chi connectivity index (χ2n) is 2.99. The van der Waals surface area contributed by atoms with Gasteiger partial charge in [-0.05, 0) is 17.7 Å². The summed E-state index contributed by atoms with van der Waals surface area (Å²) in [6.07, 6.45) is 0. The van der Waals surface area contributed by atoms with Gasteiger partial charge in [0.25, 0.3) is 0 Å². The molecule has 84 valence electrons. The molecule has 1 N–H and O–H groups in total. The second kappa shape index (κ2) is 6.27. The van der Waals surface area contributed by atoms with Crippen molar-refractivity contribution in [3.8, 4) is 11.5 Å². The molecule has 0 saturated heterocycles. The third-order valence-electron chi connectivity index (χ3n) is 1.89. The lowest BCUT2D eigenvalue weighted by molar-refractivity contribution is 0.182. The Kier molecular flexibility index (Phi) is 4.93. The van der Waals surface area contributed by atoms with Crippen molar-refractivity contribution in [2.45, 2.75) is 6.61 Å². The predicted molar refractivity (Wildman–Crippen MR) is 56.3 cm³/mol. The van der Waals surface area contributed by atoms with Crippen LogP contribution in [0.5, 0.6) is 11.5 Å². The first kappa shape index (κ1) is 11.8. The minimum absolute atomic E-state index is 0.0162. The Morgan fingerprint density at radius 1 is 1.20 bits per heavy atom. The molecule has 0 amide bonds. The van der Waals surface area contributed by atoms with Gasteiger partial charge < -0.3 is 19.3 Å². The van der Waals surface area contributed by atoms with Crippen LogP contribution in [0.2, 0.25) is 0 Å². The number of methoxy groups -OCH3 is 2. The number of hydrogen-bond donors (Lipinski definition) is 1. The van der Waals surface area contributed by atoms with Gasteiger partial charge in [0.1, 0.15) is 6.61 Å². The molecule has 0 unspecified atom stereocenters. The summed E-state index contributed by atoms with van der Waals surface area (Å²) in [6, 6.07) is 5.58. The highest BCUT2D eigenvalue weighted by atomic mass is 16.5. The van der Waals surface area contributed by atoms with Gasteiger partial charge in [-0.25, -0.2) is 0 Å². The van der Waals surface area contributed by atoms with Crippen LogP contribution in [0.15, 0.2) is 18.2 Å². The predicted octanol–water partition coefficient (Wildman–Crippen LogP) is 1.21. The van der Waals surface area contributed by atoms with E-state index < -0.39 is 0 Å². The van der Waals surface area contributed by atoms with Gasteiger partial charge in [-0.3, -0.25) is 0 Å². The SMILES string of the molecule is COCc1ccc(OC)c(OCCO)c1. The van der Waals surface area contributed by atoms with E-state index >= 15 is 0 Å². The summed E-state index contributed by atoms with van der Waals surface area (Å²) in [6.45, 7) is 0.768. The molecule has 4 heteroatoms. The lowest BCUT2D eigenvalue weighted by Crippen LogP contribution is -2.03. The molecule has 0 aliphatic carbocycles. The molecule has 0 bridgehead atoms. The molecule has 0 aromatic heterocycles. The van der Waals surface area contributed by atoms with E-state index in [0.29, 0.717) is 18.1 Å². The summed E-state index contributed by atoms with van der Waals surface area (Å²) in [7, 11) is 3.22. The molecule has 0 aliphatic rings. The number of aliphatic hydroxyl groups is 1. The summed E-state index contributed by atoms with van der Waals surface area (Å²) in [5, 5.41) is 8.67. The molecular weight excluding hydrogens is 196 g/mol. The molecule has 0 heterocycles. The topological polar surface area (TPSA) is 47.9 Å². The Labute approximate surface area is 89.4 Å². The first-order valence-corrected chi connectivity index (χ1v) is 4.71. The van der Waals surface area contributed by atoms with E-state index in [1.54, 1.807) is 14.2 Å². The van der Waals surface area contributed by atoms with Crippen molar-refractivity contribution in [1.29, 1.82) is 0 Å². The van der Waals surface area contributed by atoms with Gasteiger partial charge in [0, 0.05) is 7.11 Å². The first-order valence-electron chi connectivity index (χ1n) is 4.71. The van der Waals surface area contributed by atoms with Gasteiger partial charge in [0.15, 0.2) is 11.5 Å². The zero-order valence-electron chi connectivity index (χ0n) is 9.03. The minimum Gasteiger partial charge on any atom is -0.493 e. The van der Waals surface area contributed by atoms with Gasteiger partial charge in [0.2, 0.25) is 0 Å². The van der Waals surface area contributed by atoms with E-state index in [1.165, 1.54) is 0 Å². The van der Waals surface area contributed by atoms with Crippen molar-refractivity contribution in [2.75, 3.05) is 27.4 Å². The fraction of sp³-hybridized carbons (Fsp3) is 0.455. The van der Waals surface area contributed by atoms with Crippen LogP contribution in [0.4, 0.5) is 0 Å². The smallest absolute Gasteiger partial charge is 0.161 e. The maximum atomic E-state index is 8.67. The van der Waals surface area contributed by atoms with E-state index in [2.05, 4.69) is 0 Å². The second-order valence-corrected chi connectivity index (χ2v) is 2.99. The molecule has 0 fully saturated rings. The Morgan fingerprint density at radius 3 is 2.60 bits per heavy atom. The zero-order chi connectivity index (χ0) is 11.1. The molecule has 1 aromatic carbocycles. The number of benzene rings is 1. The molecule has 15 heavy (non-hydrogen) atoms. The van der Waals surface area contributed by atoms with Gasteiger partial charge in [-0.2, -0.15) is 0 Å². The monoisotopic (exact) mass is 212 g/mol. The molecule has 0 atom stereocenters. The summed E-state index contributed by atoms with van der Waals surface area (Å²) < 4.78 is 15.5. The highest BCUT2D eigenvalue weighted by molar-refractivity contribution is 5.42. The first-order chi connectivity index (χ1) is 7.31. The van der Waals surface area contributed by atoms with Crippen LogP contribution in [-0.2, 0) is 11.3 Å². The molecule has 0 aliphatic heterocycles. The van der Waals surface area contributed by atoms with Crippen LogP contribution in [-0.4, -0.2) is 32.5 Å². The number of rotatable bonds is 6. The Morgan fingerprint density at radius 2 is 2.00 bits per heavy atom. The quantitative estimate of drug-likeness (QED) is 0.770. The maximum absolute atomic E-state index is 8.67. The van der Waals surface area contributed by atoms with Crippen molar-refractivity contribution in [3.05, 3.63) is 23.8 Å². The number of aliphatic hydroxyl groups excluding tert-OH is 1. The minimum atomic E-state index is -0.0162. The fourth-order valence-electron chi connectivity index (χ4n) is 1.25. The molecule has 1 rings (SSSR count). The normalized spacial score (nSPS) is 10.1. The van der Waals surface area contributed by atoms with Crippen molar-refractivity contribution < 1.29 is 19.3 Å². The molecule has 4 nitrogen and oxygen atoms in total. The van der Waals surface area contributed by atoms with Crippen LogP contribution in [0.25, 0.3) is 0 Å². The van der Waals surface area contributed by atoms with E-state index in [-0.39, 0.29) is 13.2 Å². The van der Waals surface area contributed by atoms with Crippen molar-refractivity contribution in [2.24, 2.45) is 0 Å². The molecule has 0 spiro atoms. The lowest BCUT2D eigenvalue weighted by Gasteiger charge is -2.11. The highest BCUT2D eigenvalue weighted by Crippen LogP contribution is 2.28. The van der Waals surface area contributed by atoms with Crippen molar-refractivity contribution >= 4 is 0 Å². The fourth-order valence-corrected chi connectivity index (χ4v) is 1.25. The zero-order valence-corrected chi connectivity index (χ0v) is 9.03. The maximum Gasteiger partial charge on any atom is 0.161 e. The number of ether oxygens (including phenoxy) is 3. The molecule has 0 radical (unpaired) electrons. The van der Waals surface area contributed by atoms with E-state index in [4.69, 9.17) is 19.3 Å². The third-order valence-corrected chi connectivity index (χ3v) is 1.89. The van der Waals surface area contributed by atoms with Gasteiger partial charge >= 0.3 is 0 Å². The molecular formula is C11H16O4. The van der Waals surface area contributed by atoms with Gasteiger partial charge in [0.05, 0.1) is 20.3 Å². The van der Waals surface area contributed by atoms with Crippen LogP contribution in [0.1, 0.15) is 5.56 Å². The summed E-state index contributed by atoms with van der Waals surface area (Å²) in [4.78, 5) is 0. The Balaban J connectivity index is 2.81. The largest absolute Gasteiger partial charge is 0.493 e. The van der Waals surface area contributed by atoms with Crippen LogP contribution in [0.3, 0.4) is 0 Å². The van der Waals surface area contributed by atoms with Gasteiger partial charge in [-0.15, -0.1) is 0 Å². The van der Waals surface area contributed by atoms with E-state index in [1.807, 2.05) is 18.2 Å². The lowest BCUT2D eigenvalue weighted by atomic mass is 10.2. The highest BCUT2D eigenvalue weighted by Gasteiger charge is 2.05.